The molecule has 0 saturated carbocycles. The number of aryl methyl sites for hydroxylation is 1. The maximum atomic E-state index is 11.9. The van der Waals surface area contributed by atoms with Gasteiger partial charge in [-0.15, -0.1) is 0 Å². The van der Waals surface area contributed by atoms with Crippen molar-refractivity contribution in [3.8, 4) is 5.75 Å². The van der Waals surface area contributed by atoms with E-state index in [4.69, 9.17) is 9.47 Å². The Kier molecular flexibility index (Phi) is 4.33. The van der Waals surface area contributed by atoms with Crippen LogP contribution in [0.5, 0.6) is 5.75 Å². The topological polar surface area (TPSA) is 51.3 Å². The van der Waals surface area contributed by atoms with Crippen LogP contribution in [0.3, 0.4) is 0 Å². The molecule has 0 atom stereocenters. The first kappa shape index (κ1) is 15.2. The summed E-state index contributed by atoms with van der Waals surface area (Å²) in [5, 5.41) is 0.971. The van der Waals surface area contributed by atoms with Crippen molar-refractivity contribution in [1.82, 2.24) is 4.98 Å². The highest BCUT2D eigenvalue weighted by Crippen LogP contribution is 2.29. The SMILES string of the molecule is CCOC(=O)c1cc2c(C)ccc(OCc3ccccc3)c2[nH]1. The number of aromatic nitrogens is 1. The van der Waals surface area contributed by atoms with Crippen molar-refractivity contribution in [1.29, 1.82) is 0 Å². The Hall–Kier alpha value is -2.75. The van der Waals surface area contributed by atoms with E-state index in [1.165, 1.54) is 0 Å². The van der Waals surface area contributed by atoms with Crippen LogP contribution in [0, 0.1) is 6.92 Å². The number of esters is 1. The Bertz CT molecular complexity index is 821. The van der Waals surface area contributed by atoms with Crippen LogP contribution in [0.2, 0.25) is 0 Å². The van der Waals surface area contributed by atoms with Crippen LogP contribution >= 0.6 is 0 Å². The third-order valence-electron chi connectivity index (χ3n) is 3.71. The van der Waals surface area contributed by atoms with Gasteiger partial charge in [-0.2, -0.15) is 0 Å². The van der Waals surface area contributed by atoms with E-state index >= 15 is 0 Å². The molecule has 3 aromatic rings. The van der Waals surface area contributed by atoms with E-state index < -0.39 is 0 Å². The summed E-state index contributed by atoms with van der Waals surface area (Å²) >= 11 is 0. The molecular weight excluding hydrogens is 290 g/mol. The average molecular weight is 309 g/mol. The zero-order chi connectivity index (χ0) is 16.2. The lowest BCUT2D eigenvalue weighted by Gasteiger charge is -2.08. The van der Waals surface area contributed by atoms with Crippen molar-refractivity contribution in [2.75, 3.05) is 6.61 Å². The van der Waals surface area contributed by atoms with Gasteiger partial charge in [0.1, 0.15) is 18.1 Å². The van der Waals surface area contributed by atoms with Gasteiger partial charge in [0.25, 0.3) is 0 Å². The van der Waals surface area contributed by atoms with Gasteiger partial charge in [0.15, 0.2) is 0 Å². The van der Waals surface area contributed by atoms with Gasteiger partial charge in [-0.3, -0.25) is 0 Å². The maximum Gasteiger partial charge on any atom is 0.354 e. The molecule has 4 heteroatoms. The largest absolute Gasteiger partial charge is 0.487 e. The molecule has 1 aromatic heterocycles. The lowest BCUT2D eigenvalue weighted by atomic mass is 10.1. The van der Waals surface area contributed by atoms with Crippen molar-refractivity contribution in [3.63, 3.8) is 0 Å². The molecule has 0 radical (unpaired) electrons. The second kappa shape index (κ2) is 6.57. The quantitative estimate of drug-likeness (QED) is 0.717. The number of aromatic amines is 1. The van der Waals surface area contributed by atoms with Crippen LogP contribution in [-0.2, 0) is 11.3 Å². The molecule has 118 valence electrons. The van der Waals surface area contributed by atoms with E-state index in [1.807, 2.05) is 55.5 Å². The van der Waals surface area contributed by atoms with Crippen LogP contribution < -0.4 is 4.74 Å². The summed E-state index contributed by atoms with van der Waals surface area (Å²) in [7, 11) is 0. The second-order valence-corrected chi connectivity index (χ2v) is 5.35. The van der Waals surface area contributed by atoms with Gasteiger partial charge in [-0.05, 0) is 37.1 Å². The van der Waals surface area contributed by atoms with Crippen LogP contribution in [0.4, 0.5) is 0 Å². The minimum Gasteiger partial charge on any atom is -0.487 e. The second-order valence-electron chi connectivity index (χ2n) is 5.35. The zero-order valence-electron chi connectivity index (χ0n) is 13.3. The Morgan fingerprint density at radius 3 is 2.65 bits per heavy atom. The molecule has 0 saturated heterocycles. The van der Waals surface area contributed by atoms with Gasteiger partial charge in [0.2, 0.25) is 0 Å². The van der Waals surface area contributed by atoms with Crippen molar-refractivity contribution < 1.29 is 14.3 Å². The Morgan fingerprint density at radius 2 is 1.91 bits per heavy atom. The Balaban J connectivity index is 1.91. The van der Waals surface area contributed by atoms with Crippen LogP contribution in [-0.4, -0.2) is 17.6 Å². The summed E-state index contributed by atoms with van der Waals surface area (Å²) in [5.41, 5.74) is 3.45. The highest BCUT2D eigenvalue weighted by atomic mass is 16.5. The molecule has 1 N–H and O–H groups in total. The standard InChI is InChI=1S/C19H19NO3/c1-3-22-19(21)16-11-15-13(2)9-10-17(18(15)20-16)23-12-14-7-5-4-6-8-14/h4-11,20H,3,12H2,1-2H3. The molecule has 4 nitrogen and oxygen atoms in total. The molecule has 23 heavy (non-hydrogen) atoms. The molecule has 0 bridgehead atoms. The number of hydrogen-bond donors (Lipinski definition) is 1. The predicted molar refractivity (Wildman–Crippen MR) is 89.8 cm³/mol. The van der Waals surface area contributed by atoms with Gasteiger partial charge in [-0.1, -0.05) is 36.4 Å². The first-order chi connectivity index (χ1) is 11.2. The van der Waals surface area contributed by atoms with Gasteiger partial charge in [0, 0.05) is 5.39 Å². The number of carbonyl (C=O) groups is 1. The average Bonchev–Trinajstić information content (AvgIpc) is 3.02. The fourth-order valence-electron chi connectivity index (χ4n) is 2.51. The number of carbonyl (C=O) groups excluding carboxylic acids is 1. The summed E-state index contributed by atoms with van der Waals surface area (Å²) in [4.78, 5) is 15.0. The predicted octanol–water partition coefficient (Wildman–Crippen LogP) is 4.23. The highest BCUT2D eigenvalue weighted by Gasteiger charge is 2.14. The number of rotatable bonds is 5. The summed E-state index contributed by atoms with van der Waals surface area (Å²) in [6, 6.07) is 15.7. The molecule has 0 amide bonds. The van der Waals surface area contributed by atoms with E-state index in [9.17, 15) is 4.79 Å². The number of H-pyrrole nitrogens is 1. The first-order valence-electron chi connectivity index (χ1n) is 7.65. The molecule has 2 aromatic carbocycles. The number of ether oxygens (including phenoxy) is 2. The first-order valence-corrected chi connectivity index (χ1v) is 7.65. The monoisotopic (exact) mass is 309 g/mol. The number of fused-ring (bicyclic) bond motifs is 1. The van der Waals surface area contributed by atoms with Gasteiger partial charge < -0.3 is 14.5 Å². The zero-order valence-corrected chi connectivity index (χ0v) is 13.3. The molecule has 0 fully saturated rings. The minimum atomic E-state index is -0.350. The third-order valence-corrected chi connectivity index (χ3v) is 3.71. The fourth-order valence-corrected chi connectivity index (χ4v) is 2.51. The van der Waals surface area contributed by atoms with Gasteiger partial charge >= 0.3 is 5.97 Å². The summed E-state index contributed by atoms with van der Waals surface area (Å²) in [5.74, 6) is 0.377. The van der Waals surface area contributed by atoms with E-state index in [0.29, 0.717) is 18.9 Å². The molecule has 1 heterocycles. The smallest absolute Gasteiger partial charge is 0.354 e. The molecule has 3 rings (SSSR count). The molecule has 0 spiro atoms. The fraction of sp³-hybridized carbons (Fsp3) is 0.211. The molecule has 0 aliphatic rings. The normalized spacial score (nSPS) is 10.7. The molecule has 0 aliphatic carbocycles. The minimum absolute atomic E-state index is 0.350. The third kappa shape index (κ3) is 3.21. The van der Waals surface area contributed by atoms with Crippen LogP contribution in [0.1, 0.15) is 28.5 Å². The lowest BCUT2D eigenvalue weighted by Crippen LogP contribution is -2.04. The van der Waals surface area contributed by atoms with E-state index in [2.05, 4.69) is 4.98 Å². The number of nitrogens with one attached hydrogen (secondary N) is 1. The van der Waals surface area contributed by atoms with Crippen LogP contribution in [0.15, 0.2) is 48.5 Å². The van der Waals surface area contributed by atoms with E-state index in [-0.39, 0.29) is 5.97 Å². The molecule has 0 unspecified atom stereocenters. The number of hydrogen-bond acceptors (Lipinski definition) is 3. The molecule has 0 aliphatic heterocycles. The van der Waals surface area contributed by atoms with Gasteiger partial charge in [-0.25, -0.2) is 4.79 Å². The van der Waals surface area contributed by atoms with Crippen molar-refractivity contribution in [3.05, 3.63) is 65.4 Å². The van der Waals surface area contributed by atoms with Crippen molar-refractivity contribution in [2.45, 2.75) is 20.5 Å². The summed E-state index contributed by atoms with van der Waals surface area (Å²) in [6.45, 7) is 4.63. The van der Waals surface area contributed by atoms with Crippen molar-refractivity contribution in [2.24, 2.45) is 0 Å². The van der Waals surface area contributed by atoms with E-state index in [0.717, 1.165) is 27.8 Å². The summed E-state index contributed by atoms with van der Waals surface area (Å²) < 4.78 is 11.0. The Morgan fingerprint density at radius 1 is 1.13 bits per heavy atom. The van der Waals surface area contributed by atoms with Crippen molar-refractivity contribution >= 4 is 16.9 Å². The Labute approximate surface area is 135 Å². The van der Waals surface area contributed by atoms with Gasteiger partial charge in [0.05, 0.1) is 12.1 Å². The molecular formula is C19H19NO3. The number of benzene rings is 2. The van der Waals surface area contributed by atoms with E-state index in [1.54, 1.807) is 6.92 Å². The summed E-state index contributed by atoms with van der Waals surface area (Å²) in [6.07, 6.45) is 0. The van der Waals surface area contributed by atoms with Crippen LogP contribution in [0.25, 0.3) is 10.9 Å². The maximum absolute atomic E-state index is 11.9. The lowest BCUT2D eigenvalue weighted by molar-refractivity contribution is 0.0520. The highest BCUT2D eigenvalue weighted by molar-refractivity contribution is 5.98.